The van der Waals surface area contributed by atoms with E-state index in [2.05, 4.69) is 12.8 Å². The second kappa shape index (κ2) is 6.23. The van der Waals surface area contributed by atoms with Gasteiger partial charge in [0.05, 0.1) is 17.5 Å². The lowest BCUT2D eigenvalue weighted by Crippen LogP contribution is -2.37. The van der Waals surface area contributed by atoms with Crippen LogP contribution >= 0.6 is 12.8 Å². The van der Waals surface area contributed by atoms with Crippen LogP contribution in [0.2, 0.25) is 0 Å². The van der Waals surface area contributed by atoms with Gasteiger partial charge in [0.1, 0.15) is 5.82 Å². The fourth-order valence-corrected chi connectivity index (χ4v) is 2.70. The molecule has 0 aromatic heterocycles. The molecule has 1 N–H and O–H groups in total. The van der Waals surface area contributed by atoms with Gasteiger partial charge < -0.3 is 0 Å². The molecule has 0 aliphatic heterocycles. The van der Waals surface area contributed by atoms with Gasteiger partial charge in [-0.1, -0.05) is 19.7 Å². The number of sulfonamides is 1. The smallest absolute Gasteiger partial charge is 0.263 e. The topological polar surface area (TPSA) is 83.6 Å². The number of carbonyl (C=O) groups is 2. The summed E-state index contributed by atoms with van der Waals surface area (Å²) in [5.41, 5.74) is -0.514. The molecule has 0 unspecified atom stereocenters. The molecule has 1 aromatic rings. The Morgan fingerprint density at radius 1 is 1.40 bits per heavy atom. The van der Waals surface area contributed by atoms with Crippen molar-refractivity contribution in [2.75, 3.05) is 10.6 Å². The molecule has 0 radical (unpaired) electrons. The van der Waals surface area contributed by atoms with Crippen LogP contribution in [0.4, 0.5) is 10.1 Å². The summed E-state index contributed by atoms with van der Waals surface area (Å²) in [6.07, 6.45) is 0.735. The van der Waals surface area contributed by atoms with Gasteiger partial charge >= 0.3 is 0 Å². The van der Waals surface area contributed by atoms with Gasteiger partial charge in [0.15, 0.2) is 0 Å². The molecule has 0 aliphatic rings. The number of anilines is 1. The molecular formula is C11H13FN2O4S2. The number of amides is 2. The third-order valence-corrected chi connectivity index (χ3v) is 3.65. The van der Waals surface area contributed by atoms with E-state index in [1.54, 1.807) is 0 Å². The number of rotatable bonds is 4. The lowest BCUT2D eigenvalue weighted by molar-refractivity contribution is -0.117. The zero-order valence-corrected chi connectivity index (χ0v) is 12.5. The second-order valence-electron chi connectivity index (χ2n) is 3.88. The van der Waals surface area contributed by atoms with Crippen LogP contribution < -0.4 is 9.03 Å². The predicted octanol–water partition coefficient (Wildman–Crippen LogP) is 1.10. The van der Waals surface area contributed by atoms with Crippen molar-refractivity contribution < 1.29 is 22.4 Å². The second-order valence-corrected chi connectivity index (χ2v) is 5.93. The maximum atomic E-state index is 13.2. The molecule has 2 amide bonds. The highest BCUT2D eigenvalue weighted by Gasteiger charge is 2.28. The van der Waals surface area contributed by atoms with E-state index in [4.69, 9.17) is 0 Å². The van der Waals surface area contributed by atoms with Gasteiger partial charge in [-0.15, -0.1) is 0 Å². The summed E-state index contributed by atoms with van der Waals surface area (Å²) in [7, 11) is -3.95. The average Bonchev–Trinajstić information content (AvgIpc) is 2.37. The highest BCUT2D eigenvalue weighted by Crippen LogP contribution is 2.25. The zero-order chi connectivity index (χ0) is 15.5. The van der Waals surface area contributed by atoms with Crippen LogP contribution in [0.5, 0.6) is 0 Å². The standard InChI is InChI=1S/C11H13FN2O4S2/c1-3-10(15)14(20(2,17)18)9-5-4-7(12)6-8(9)11(16)13-19/h4-6,19H,3H2,1-2H3,(H,13,16). The molecule has 1 aromatic carbocycles. The van der Waals surface area contributed by atoms with Gasteiger partial charge in [-0.2, -0.15) is 0 Å². The largest absolute Gasteiger partial charge is 0.299 e. The van der Waals surface area contributed by atoms with Crippen molar-refractivity contribution in [3.05, 3.63) is 29.6 Å². The molecular weight excluding hydrogens is 307 g/mol. The first kappa shape index (κ1) is 16.4. The lowest BCUT2D eigenvalue weighted by atomic mass is 10.1. The Hall–Kier alpha value is -1.61. The van der Waals surface area contributed by atoms with E-state index in [0.29, 0.717) is 4.31 Å². The molecule has 1 rings (SSSR count). The van der Waals surface area contributed by atoms with Gasteiger partial charge in [-0.3, -0.25) is 14.3 Å². The maximum Gasteiger partial charge on any atom is 0.263 e. The first-order valence-electron chi connectivity index (χ1n) is 5.49. The van der Waals surface area contributed by atoms with Gasteiger partial charge in [0.25, 0.3) is 5.91 Å². The van der Waals surface area contributed by atoms with Gasteiger partial charge in [-0.05, 0) is 18.2 Å². The van der Waals surface area contributed by atoms with E-state index in [0.717, 1.165) is 24.5 Å². The molecule has 0 saturated heterocycles. The monoisotopic (exact) mass is 320 g/mol. The maximum absolute atomic E-state index is 13.2. The number of hydrogen-bond acceptors (Lipinski definition) is 5. The molecule has 0 aliphatic carbocycles. The first-order valence-corrected chi connectivity index (χ1v) is 7.79. The van der Waals surface area contributed by atoms with Crippen molar-refractivity contribution in [3.8, 4) is 0 Å². The Kier molecular flexibility index (Phi) is 5.12. The molecule has 0 fully saturated rings. The predicted molar refractivity (Wildman–Crippen MR) is 75.5 cm³/mol. The van der Waals surface area contributed by atoms with Crippen molar-refractivity contribution in [2.45, 2.75) is 13.3 Å². The third kappa shape index (κ3) is 3.48. The van der Waals surface area contributed by atoms with Crippen molar-refractivity contribution in [1.29, 1.82) is 0 Å². The highest BCUT2D eigenvalue weighted by molar-refractivity contribution is 7.92. The minimum absolute atomic E-state index is 0.0909. The molecule has 0 heterocycles. The quantitative estimate of drug-likeness (QED) is 0.814. The van der Waals surface area contributed by atoms with Crippen LogP contribution in [0.15, 0.2) is 18.2 Å². The molecule has 0 saturated carbocycles. The molecule has 0 atom stereocenters. The van der Waals surface area contributed by atoms with Crippen LogP contribution in [-0.4, -0.2) is 26.5 Å². The van der Waals surface area contributed by atoms with Crippen molar-refractivity contribution in [2.24, 2.45) is 0 Å². The summed E-state index contributed by atoms with van der Waals surface area (Å²) in [6, 6.07) is 2.86. The summed E-state index contributed by atoms with van der Waals surface area (Å²) < 4.78 is 39.2. The van der Waals surface area contributed by atoms with Crippen LogP contribution in [0.3, 0.4) is 0 Å². The number of nitrogens with zero attached hydrogens (tertiary/aromatic N) is 1. The normalized spacial score (nSPS) is 11.0. The number of thiol groups is 1. The number of carbonyl (C=O) groups excluding carboxylic acids is 2. The number of hydrogen-bond donors (Lipinski definition) is 2. The zero-order valence-electron chi connectivity index (χ0n) is 10.8. The van der Waals surface area contributed by atoms with E-state index in [1.807, 2.05) is 4.72 Å². The Balaban J connectivity index is 3.56. The third-order valence-electron chi connectivity index (χ3n) is 2.38. The molecule has 9 heteroatoms. The van der Waals surface area contributed by atoms with Crippen LogP contribution in [0.1, 0.15) is 23.7 Å². The van der Waals surface area contributed by atoms with Gasteiger partial charge in [0.2, 0.25) is 15.9 Å². The Labute approximate surface area is 121 Å². The van der Waals surface area contributed by atoms with Crippen molar-refractivity contribution >= 4 is 40.3 Å². The molecule has 0 spiro atoms. The SMILES string of the molecule is CCC(=O)N(c1ccc(F)cc1C(=O)NS)S(C)(=O)=O. The van der Waals surface area contributed by atoms with E-state index >= 15 is 0 Å². The van der Waals surface area contributed by atoms with Crippen LogP contribution in [0.25, 0.3) is 0 Å². The summed E-state index contributed by atoms with van der Waals surface area (Å²) in [4.78, 5) is 23.5. The van der Waals surface area contributed by atoms with Crippen LogP contribution in [0, 0.1) is 5.82 Å². The molecule has 0 bridgehead atoms. The lowest BCUT2D eigenvalue weighted by Gasteiger charge is -2.22. The number of nitrogens with one attached hydrogen (secondary N) is 1. The Bertz CT molecular complexity index is 646. The summed E-state index contributed by atoms with van der Waals surface area (Å²) in [5.74, 6) is -2.29. The van der Waals surface area contributed by atoms with E-state index < -0.39 is 27.7 Å². The summed E-state index contributed by atoms with van der Waals surface area (Å²) >= 11 is 3.55. The van der Waals surface area contributed by atoms with Crippen molar-refractivity contribution in [1.82, 2.24) is 4.72 Å². The van der Waals surface area contributed by atoms with Crippen molar-refractivity contribution in [3.63, 3.8) is 0 Å². The first-order chi connectivity index (χ1) is 9.22. The Morgan fingerprint density at radius 3 is 2.45 bits per heavy atom. The summed E-state index contributed by atoms with van der Waals surface area (Å²) in [5, 5.41) is 0. The van der Waals surface area contributed by atoms with Crippen LogP contribution in [-0.2, 0) is 14.8 Å². The van der Waals surface area contributed by atoms with Gasteiger partial charge in [-0.25, -0.2) is 17.1 Å². The minimum Gasteiger partial charge on any atom is -0.299 e. The number of halogens is 1. The van der Waals surface area contributed by atoms with Gasteiger partial charge in [0, 0.05) is 6.42 Å². The fourth-order valence-electron chi connectivity index (χ4n) is 1.57. The number of benzene rings is 1. The minimum atomic E-state index is -3.95. The molecule has 6 nitrogen and oxygen atoms in total. The fraction of sp³-hybridized carbons (Fsp3) is 0.273. The summed E-state index contributed by atoms with van der Waals surface area (Å²) in [6.45, 7) is 1.47. The Morgan fingerprint density at radius 2 is 2.00 bits per heavy atom. The van der Waals surface area contributed by atoms with E-state index in [1.165, 1.54) is 6.92 Å². The van der Waals surface area contributed by atoms with E-state index in [9.17, 15) is 22.4 Å². The highest BCUT2D eigenvalue weighted by atomic mass is 32.2. The molecule has 110 valence electrons. The molecule has 20 heavy (non-hydrogen) atoms. The van der Waals surface area contributed by atoms with E-state index in [-0.39, 0.29) is 17.7 Å². The average molecular weight is 320 g/mol.